The highest BCUT2D eigenvalue weighted by atomic mass is 35.5. The van der Waals surface area contributed by atoms with Crippen LogP contribution in [0.4, 0.5) is 5.69 Å². The van der Waals surface area contributed by atoms with Crippen LogP contribution in [0.2, 0.25) is 5.02 Å². The third kappa shape index (κ3) is 2.39. The van der Waals surface area contributed by atoms with E-state index >= 15 is 0 Å². The van der Waals surface area contributed by atoms with Gasteiger partial charge in [0, 0.05) is 17.6 Å². The van der Waals surface area contributed by atoms with Crippen LogP contribution in [0.1, 0.15) is 10.4 Å². The monoisotopic (exact) mass is 285 g/mol. The molecule has 0 saturated carbocycles. The molecule has 1 heterocycles. The summed E-state index contributed by atoms with van der Waals surface area (Å²) in [4.78, 5) is 11.5. The number of hydrogen-bond acceptors (Lipinski definition) is 6. The molecule has 0 amide bonds. The molecule has 0 bridgehead atoms. The first-order valence-electron chi connectivity index (χ1n) is 4.71. The van der Waals surface area contributed by atoms with Gasteiger partial charge in [0.15, 0.2) is 0 Å². The van der Waals surface area contributed by atoms with Crippen molar-refractivity contribution in [1.82, 2.24) is 20.2 Å². The highest BCUT2D eigenvalue weighted by molar-refractivity contribution is 7.99. The molecule has 9 heteroatoms. The zero-order valence-electron chi connectivity index (χ0n) is 9.16. The van der Waals surface area contributed by atoms with Gasteiger partial charge in [-0.1, -0.05) is 11.6 Å². The third-order valence-electron chi connectivity index (χ3n) is 2.07. The Morgan fingerprint density at radius 1 is 1.56 bits per heavy atom. The Labute approximate surface area is 111 Å². The van der Waals surface area contributed by atoms with Gasteiger partial charge >= 0.3 is 5.97 Å². The van der Waals surface area contributed by atoms with Crippen molar-refractivity contribution in [2.45, 2.75) is 10.1 Å². The fourth-order valence-corrected chi connectivity index (χ4v) is 2.46. The highest BCUT2D eigenvalue weighted by Crippen LogP contribution is 2.36. The predicted molar refractivity (Wildman–Crippen MR) is 65.7 cm³/mol. The fraction of sp³-hybridized carbons (Fsp3) is 0.111. The normalized spacial score (nSPS) is 10.6. The quantitative estimate of drug-likeness (QED) is 0.818. The molecule has 1 aromatic carbocycles. The molecule has 0 aliphatic carbocycles. The number of nitrogens with zero attached hydrogens (tertiary/aromatic N) is 4. The Balaban J connectivity index is 2.50. The molecular weight excluding hydrogens is 278 g/mol. The van der Waals surface area contributed by atoms with Crippen molar-refractivity contribution in [3.63, 3.8) is 0 Å². The molecule has 0 fully saturated rings. The zero-order valence-corrected chi connectivity index (χ0v) is 10.7. The number of rotatable bonds is 3. The van der Waals surface area contributed by atoms with Crippen LogP contribution in [0.25, 0.3) is 0 Å². The van der Waals surface area contributed by atoms with Crippen LogP contribution >= 0.6 is 23.4 Å². The van der Waals surface area contributed by atoms with Crippen LogP contribution < -0.4 is 5.73 Å². The number of aromatic carboxylic acids is 1. The van der Waals surface area contributed by atoms with E-state index < -0.39 is 5.97 Å². The number of carboxylic acids is 1. The van der Waals surface area contributed by atoms with Gasteiger partial charge < -0.3 is 10.8 Å². The Kier molecular flexibility index (Phi) is 3.39. The second-order valence-corrected chi connectivity index (χ2v) is 4.76. The van der Waals surface area contributed by atoms with E-state index in [1.54, 1.807) is 7.05 Å². The molecule has 0 aliphatic heterocycles. The van der Waals surface area contributed by atoms with E-state index in [0.717, 1.165) is 11.8 Å². The van der Waals surface area contributed by atoms with Gasteiger partial charge in [-0.2, -0.15) is 0 Å². The number of carbonyl (C=O) groups is 1. The summed E-state index contributed by atoms with van der Waals surface area (Å²) in [6.45, 7) is 0. The maximum atomic E-state index is 11.2. The molecular formula is C9H8ClN5O2S. The molecule has 18 heavy (non-hydrogen) atoms. The van der Waals surface area contributed by atoms with Crippen molar-refractivity contribution >= 4 is 35.0 Å². The van der Waals surface area contributed by atoms with Crippen LogP contribution in [0.15, 0.2) is 22.2 Å². The number of aryl methyl sites for hydroxylation is 1. The summed E-state index contributed by atoms with van der Waals surface area (Å²) in [6.07, 6.45) is 0. The van der Waals surface area contributed by atoms with E-state index in [-0.39, 0.29) is 16.3 Å². The summed E-state index contributed by atoms with van der Waals surface area (Å²) in [5, 5.41) is 20.7. The lowest BCUT2D eigenvalue weighted by Crippen LogP contribution is -2.02. The molecule has 0 radical (unpaired) electrons. The first-order chi connectivity index (χ1) is 8.49. The first-order valence-corrected chi connectivity index (χ1v) is 5.91. The van der Waals surface area contributed by atoms with Crippen LogP contribution in [-0.2, 0) is 7.05 Å². The molecule has 0 spiro atoms. The van der Waals surface area contributed by atoms with E-state index in [1.165, 1.54) is 16.8 Å². The lowest BCUT2D eigenvalue weighted by atomic mass is 10.2. The van der Waals surface area contributed by atoms with Crippen molar-refractivity contribution in [2.75, 3.05) is 5.73 Å². The van der Waals surface area contributed by atoms with Gasteiger partial charge in [-0.25, -0.2) is 9.48 Å². The average Bonchev–Trinajstić information content (AvgIpc) is 2.67. The molecule has 1 aromatic heterocycles. The largest absolute Gasteiger partial charge is 0.478 e. The van der Waals surface area contributed by atoms with Gasteiger partial charge in [0.05, 0.1) is 10.6 Å². The first kappa shape index (κ1) is 12.7. The summed E-state index contributed by atoms with van der Waals surface area (Å²) in [7, 11) is 1.65. The molecule has 0 saturated heterocycles. The predicted octanol–water partition coefficient (Wildman–Crippen LogP) is 1.30. The summed E-state index contributed by atoms with van der Waals surface area (Å²) < 4.78 is 1.42. The summed E-state index contributed by atoms with van der Waals surface area (Å²) >= 11 is 7.08. The average molecular weight is 286 g/mol. The number of tetrazole rings is 1. The Morgan fingerprint density at radius 2 is 2.28 bits per heavy atom. The molecule has 0 atom stereocenters. The van der Waals surface area contributed by atoms with E-state index in [0.29, 0.717) is 10.1 Å². The molecule has 0 unspecified atom stereocenters. The number of halogens is 1. The smallest absolute Gasteiger partial charge is 0.336 e. The molecule has 0 aliphatic rings. The fourth-order valence-electron chi connectivity index (χ4n) is 1.28. The van der Waals surface area contributed by atoms with Crippen LogP contribution in [0.5, 0.6) is 0 Å². The van der Waals surface area contributed by atoms with Gasteiger partial charge in [-0.05, 0) is 34.3 Å². The van der Waals surface area contributed by atoms with E-state index in [1.807, 2.05) is 0 Å². The Bertz CT molecular complexity index is 615. The Hall–Kier alpha value is -1.80. The minimum Gasteiger partial charge on any atom is -0.478 e. The van der Waals surface area contributed by atoms with Crippen molar-refractivity contribution in [3.05, 3.63) is 22.7 Å². The van der Waals surface area contributed by atoms with Gasteiger partial charge in [0.1, 0.15) is 0 Å². The summed E-state index contributed by atoms with van der Waals surface area (Å²) in [5.41, 5.74) is 5.88. The second-order valence-electron chi connectivity index (χ2n) is 3.37. The lowest BCUT2D eigenvalue weighted by molar-refractivity contribution is 0.0693. The highest BCUT2D eigenvalue weighted by Gasteiger charge is 2.18. The SMILES string of the molecule is Cn1nnnc1Sc1c(Cl)cc(N)cc1C(=O)O. The number of carboxylic acid groups (broad SMARTS) is 1. The topological polar surface area (TPSA) is 107 Å². The van der Waals surface area contributed by atoms with Gasteiger partial charge in [-0.15, -0.1) is 5.10 Å². The number of aromatic nitrogens is 4. The molecule has 2 rings (SSSR count). The maximum Gasteiger partial charge on any atom is 0.336 e. The van der Waals surface area contributed by atoms with Gasteiger partial charge in [0.25, 0.3) is 0 Å². The van der Waals surface area contributed by atoms with Crippen LogP contribution in [0.3, 0.4) is 0 Å². The standard InChI is InChI=1S/C9H8ClN5O2S/c1-15-9(12-13-14-15)18-7-5(8(16)17)2-4(11)3-6(7)10/h2-3H,11H2,1H3,(H,16,17). The zero-order chi connectivity index (χ0) is 13.3. The molecule has 94 valence electrons. The number of nitrogen functional groups attached to an aromatic ring is 1. The molecule has 2 aromatic rings. The van der Waals surface area contributed by atoms with E-state index in [9.17, 15) is 4.79 Å². The second kappa shape index (κ2) is 4.83. The van der Waals surface area contributed by atoms with E-state index in [2.05, 4.69) is 15.5 Å². The number of benzene rings is 1. The number of hydrogen-bond donors (Lipinski definition) is 2. The van der Waals surface area contributed by atoms with Crippen LogP contribution in [0, 0.1) is 0 Å². The van der Waals surface area contributed by atoms with Gasteiger partial charge in [-0.3, -0.25) is 0 Å². The van der Waals surface area contributed by atoms with E-state index in [4.69, 9.17) is 22.4 Å². The molecule has 3 N–H and O–H groups in total. The lowest BCUT2D eigenvalue weighted by Gasteiger charge is -2.08. The number of anilines is 1. The Morgan fingerprint density at radius 3 is 2.83 bits per heavy atom. The summed E-state index contributed by atoms with van der Waals surface area (Å²) in [6, 6.07) is 2.83. The maximum absolute atomic E-state index is 11.2. The van der Waals surface area contributed by atoms with Crippen molar-refractivity contribution in [1.29, 1.82) is 0 Å². The minimum absolute atomic E-state index is 0.0213. The minimum atomic E-state index is -1.11. The molecule has 7 nitrogen and oxygen atoms in total. The van der Waals surface area contributed by atoms with Crippen LogP contribution in [-0.4, -0.2) is 31.3 Å². The summed E-state index contributed by atoms with van der Waals surface area (Å²) in [5.74, 6) is -1.11. The third-order valence-corrected chi connectivity index (χ3v) is 3.65. The number of nitrogens with two attached hydrogens (primary N) is 1. The van der Waals surface area contributed by atoms with Crippen molar-refractivity contribution < 1.29 is 9.90 Å². The van der Waals surface area contributed by atoms with Crippen molar-refractivity contribution in [3.8, 4) is 0 Å². The van der Waals surface area contributed by atoms with Crippen molar-refractivity contribution in [2.24, 2.45) is 7.05 Å². The van der Waals surface area contributed by atoms with Gasteiger partial charge in [0.2, 0.25) is 5.16 Å².